The Balaban J connectivity index is 1.86. The summed E-state index contributed by atoms with van der Waals surface area (Å²) < 4.78 is 28.1. The predicted molar refractivity (Wildman–Crippen MR) is 175 cm³/mol. The van der Waals surface area contributed by atoms with Crippen molar-refractivity contribution in [2.24, 2.45) is 0 Å². The van der Waals surface area contributed by atoms with E-state index in [9.17, 15) is 9.36 Å². The van der Waals surface area contributed by atoms with Gasteiger partial charge in [0.2, 0.25) is 0 Å². The third-order valence-corrected chi connectivity index (χ3v) is 8.37. The van der Waals surface area contributed by atoms with Crippen molar-refractivity contribution in [2.45, 2.75) is 86.5 Å². The number of hydrogen-bond acceptors (Lipinski definition) is 5. The van der Waals surface area contributed by atoms with Gasteiger partial charge in [-0.2, -0.15) is 0 Å². The Bertz CT molecular complexity index is 1230. The maximum absolute atomic E-state index is 13.1. The van der Waals surface area contributed by atoms with Gasteiger partial charge >= 0.3 is 7.82 Å². The van der Waals surface area contributed by atoms with E-state index in [-0.39, 0.29) is 25.7 Å². The molecule has 0 spiro atoms. The number of benzene rings is 2. The monoisotopic (exact) mass is 595 g/mol. The number of allylic oxidation sites excluding steroid dienone is 6. The highest BCUT2D eigenvalue weighted by Gasteiger charge is 2.24. The first-order valence-electron chi connectivity index (χ1n) is 15.1. The number of anilines is 1. The average Bonchev–Trinajstić information content (AvgIpc) is 2.94. The highest BCUT2D eigenvalue weighted by atomic mass is 31.2. The fourth-order valence-corrected chi connectivity index (χ4v) is 5.60. The summed E-state index contributed by atoms with van der Waals surface area (Å²) in [6.45, 7) is 12.9. The molecule has 0 atom stereocenters. The summed E-state index contributed by atoms with van der Waals surface area (Å²) in [5.41, 5.74) is 7.65. The second-order valence-electron chi connectivity index (χ2n) is 10.7. The van der Waals surface area contributed by atoms with Gasteiger partial charge in [0, 0.05) is 11.3 Å². The van der Waals surface area contributed by atoms with Gasteiger partial charge in [-0.3, -0.25) is 18.4 Å². The maximum Gasteiger partial charge on any atom is 0.474 e. The van der Waals surface area contributed by atoms with Crippen LogP contribution < -0.4 is 5.32 Å². The van der Waals surface area contributed by atoms with E-state index in [2.05, 4.69) is 51.2 Å². The summed E-state index contributed by atoms with van der Waals surface area (Å²) in [7, 11) is -3.52. The van der Waals surface area contributed by atoms with Crippen LogP contribution in [0.1, 0.15) is 95.1 Å². The molecule has 7 heteroatoms. The fraction of sp³-hybridized carbons (Fsp3) is 0.457. The van der Waals surface area contributed by atoms with Crippen molar-refractivity contribution in [1.29, 1.82) is 0 Å². The fourth-order valence-electron chi connectivity index (χ4n) is 4.43. The van der Waals surface area contributed by atoms with Crippen LogP contribution in [-0.4, -0.2) is 25.7 Å². The van der Waals surface area contributed by atoms with Crippen molar-refractivity contribution in [3.8, 4) is 0 Å². The van der Waals surface area contributed by atoms with E-state index in [1.165, 1.54) is 16.7 Å². The molecule has 2 aromatic carbocycles. The van der Waals surface area contributed by atoms with Crippen molar-refractivity contribution in [3.63, 3.8) is 0 Å². The minimum Gasteiger partial charge on any atom is -0.322 e. The van der Waals surface area contributed by atoms with Gasteiger partial charge in [0.15, 0.2) is 0 Å². The van der Waals surface area contributed by atoms with Crippen molar-refractivity contribution in [3.05, 3.63) is 100 Å². The second-order valence-corrected chi connectivity index (χ2v) is 12.3. The number of carbonyl (C=O) groups excluding carboxylic acids is 1. The zero-order valence-electron chi connectivity index (χ0n) is 26.4. The molecule has 2 rings (SSSR count). The number of phosphoric acid groups is 1. The van der Waals surface area contributed by atoms with Crippen molar-refractivity contribution in [2.75, 3.05) is 25.1 Å². The van der Waals surface area contributed by atoms with Crippen LogP contribution >= 0.6 is 7.82 Å². The highest BCUT2D eigenvalue weighted by Crippen LogP contribution is 2.49. The molecule has 0 unspecified atom stereocenters. The van der Waals surface area contributed by atoms with Crippen LogP contribution in [0.2, 0.25) is 0 Å². The molecule has 0 radical (unpaired) electrons. The molecule has 0 saturated carbocycles. The molecule has 0 aliphatic heterocycles. The SMILES string of the molecule is CCOP(=O)(OCC)OCCc1ccc(NC(=O)c2ccccc2CC/C=C(\C)CC/C=C(\C)CCC=C(C)C)cc1. The molecule has 1 amide bonds. The van der Waals surface area contributed by atoms with Gasteiger partial charge in [-0.15, -0.1) is 0 Å². The first-order chi connectivity index (χ1) is 20.2. The molecule has 230 valence electrons. The van der Waals surface area contributed by atoms with Crippen LogP contribution in [0.3, 0.4) is 0 Å². The lowest BCUT2D eigenvalue weighted by Crippen LogP contribution is -2.14. The first kappa shape index (κ1) is 35.4. The lowest BCUT2D eigenvalue weighted by atomic mass is 10.0. The summed E-state index contributed by atoms with van der Waals surface area (Å²) in [4.78, 5) is 13.1. The minimum atomic E-state index is -3.52. The highest BCUT2D eigenvalue weighted by molar-refractivity contribution is 7.48. The Morgan fingerprint density at radius 1 is 0.762 bits per heavy atom. The molecule has 0 saturated heterocycles. The largest absolute Gasteiger partial charge is 0.474 e. The molecule has 0 aliphatic carbocycles. The minimum absolute atomic E-state index is 0.120. The van der Waals surface area contributed by atoms with E-state index >= 15 is 0 Å². The molecule has 0 fully saturated rings. The summed E-state index contributed by atoms with van der Waals surface area (Å²) >= 11 is 0. The van der Waals surface area contributed by atoms with Crippen molar-refractivity contribution in [1.82, 2.24) is 0 Å². The molecule has 42 heavy (non-hydrogen) atoms. The molecule has 0 aromatic heterocycles. The lowest BCUT2D eigenvalue weighted by Gasteiger charge is -2.16. The lowest BCUT2D eigenvalue weighted by molar-refractivity contribution is 0.102. The quantitative estimate of drug-likeness (QED) is 0.129. The second kappa shape index (κ2) is 19.4. The first-order valence-corrected chi connectivity index (χ1v) is 16.6. The van der Waals surface area contributed by atoms with Gasteiger partial charge in [-0.25, -0.2) is 4.57 Å². The molecule has 6 nitrogen and oxygen atoms in total. The molecule has 1 N–H and O–H groups in total. The number of rotatable bonds is 19. The van der Waals surface area contributed by atoms with E-state index in [1.54, 1.807) is 13.8 Å². The summed E-state index contributed by atoms with van der Waals surface area (Å²) in [6, 6.07) is 15.4. The van der Waals surface area contributed by atoms with E-state index in [0.717, 1.165) is 49.7 Å². The zero-order chi connectivity index (χ0) is 30.8. The maximum atomic E-state index is 13.1. The third kappa shape index (κ3) is 13.9. The normalized spacial score (nSPS) is 12.3. The van der Waals surface area contributed by atoms with Gasteiger partial charge in [-0.05, 0) is 116 Å². The van der Waals surface area contributed by atoms with E-state index in [0.29, 0.717) is 17.7 Å². The van der Waals surface area contributed by atoms with Gasteiger partial charge in [0.1, 0.15) is 0 Å². The van der Waals surface area contributed by atoms with Crippen LogP contribution in [0.25, 0.3) is 0 Å². The van der Waals surface area contributed by atoms with E-state index < -0.39 is 7.82 Å². The Hall–Kier alpha value is -2.76. The van der Waals surface area contributed by atoms with E-state index in [1.807, 2.05) is 48.5 Å². The number of aryl methyl sites for hydroxylation is 1. The summed E-state index contributed by atoms with van der Waals surface area (Å²) in [5.74, 6) is -0.120. The molecular formula is C35H50NO5P. The zero-order valence-corrected chi connectivity index (χ0v) is 27.3. The number of nitrogens with one attached hydrogen (secondary N) is 1. The van der Waals surface area contributed by atoms with Gasteiger partial charge in [-0.1, -0.05) is 65.3 Å². The Morgan fingerprint density at radius 3 is 1.98 bits per heavy atom. The number of hydrogen-bond donors (Lipinski definition) is 1. The average molecular weight is 596 g/mol. The summed E-state index contributed by atoms with van der Waals surface area (Å²) in [5, 5.41) is 3.02. The van der Waals surface area contributed by atoms with Crippen LogP contribution in [-0.2, 0) is 31.0 Å². The molecule has 2 aromatic rings. The van der Waals surface area contributed by atoms with Crippen LogP contribution in [0.15, 0.2) is 83.5 Å². The smallest absolute Gasteiger partial charge is 0.322 e. The molecular weight excluding hydrogens is 545 g/mol. The van der Waals surface area contributed by atoms with E-state index in [4.69, 9.17) is 13.6 Å². The molecule has 0 bridgehead atoms. The molecule has 0 aliphatic rings. The van der Waals surface area contributed by atoms with Crippen LogP contribution in [0, 0.1) is 0 Å². The van der Waals surface area contributed by atoms with Crippen LogP contribution in [0.4, 0.5) is 5.69 Å². The topological polar surface area (TPSA) is 73.9 Å². The Morgan fingerprint density at radius 2 is 1.36 bits per heavy atom. The van der Waals surface area contributed by atoms with Crippen LogP contribution in [0.5, 0.6) is 0 Å². The standard InChI is InChI=1S/C35H50NO5P/c1-7-39-42(38,40-8-2)41-27-26-31-22-24-33(25-23-31)36-35(37)34-21-10-9-19-32(34)20-13-18-30(6)17-12-16-29(5)15-11-14-28(3)4/h9-10,14,16,18-19,21-25H,7-8,11-13,15,17,20,26-27H2,1-6H3,(H,36,37)/b29-16+,30-18+. The van der Waals surface area contributed by atoms with Gasteiger partial charge in [0.05, 0.1) is 19.8 Å². The number of phosphoric ester groups is 1. The third-order valence-electron chi connectivity index (χ3n) is 6.72. The van der Waals surface area contributed by atoms with Gasteiger partial charge < -0.3 is 5.32 Å². The van der Waals surface area contributed by atoms with Gasteiger partial charge in [0.25, 0.3) is 5.91 Å². The van der Waals surface area contributed by atoms with Crippen molar-refractivity contribution < 1.29 is 22.9 Å². The Labute approximate surface area is 253 Å². The predicted octanol–water partition coefficient (Wildman–Crippen LogP) is 10.0. The van der Waals surface area contributed by atoms with Crippen molar-refractivity contribution >= 4 is 19.4 Å². The molecule has 0 heterocycles. The number of carbonyl (C=O) groups is 1. The Kier molecular flexibility index (Phi) is 16.4. The summed E-state index contributed by atoms with van der Waals surface area (Å²) in [6.07, 6.45) is 13.6. The number of amides is 1.